The van der Waals surface area contributed by atoms with Crippen LogP contribution in [0.25, 0.3) is 17.0 Å². The first-order valence-corrected chi connectivity index (χ1v) is 9.56. The summed E-state index contributed by atoms with van der Waals surface area (Å²) >= 11 is 0. The summed E-state index contributed by atoms with van der Waals surface area (Å²) in [6.07, 6.45) is 3.40. The lowest BCUT2D eigenvalue weighted by Gasteiger charge is -2.24. The van der Waals surface area contributed by atoms with Crippen LogP contribution in [-0.4, -0.2) is 10.8 Å². The lowest BCUT2D eigenvalue weighted by atomic mass is 9.79. The summed E-state index contributed by atoms with van der Waals surface area (Å²) in [5.41, 5.74) is 3.69. The van der Waals surface area contributed by atoms with E-state index in [0.29, 0.717) is 28.6 Å². The Morgan fingerprint density at radius 3 is 2.50 bits per heavy atom. The van der Waals surface area contributed by atoms with Gasteiger partial charge in [0, 0.05) is 23.1 Å². The van der Waals surface area contributed by atoms with E-state index in [2.05, 4.69) is 44.0 Å². The molecule has 0 spiro atoms. The number of halogens is 1. The van der Waals surface area contributed by atoms with E-state index in [0.717, 1.165) is 6.42 Å². The molecule has 1 aromatic heterocycles. The zero-order valence-corrected chi connectivity index (χ0v) is 16.9. The van der Waals surface area contributed by atoms with E-state index in [-0.39, 0.29) is 17.0 Å². The van der Waals surface area contributed by atoms with Gasteiger partial charge in [-0.25, -0.2) is 9.37 Å². The standard InChI is InChI=1S/C25H26FNO/c1-17(13-19-9-6-5-7-10-19)15-25(3,4)16-23(28)21-14-20-11-8-12-22(26)24(20)27-18(21)2/h5-14H,15-16H2,1-4H3/b17-13+. The van der Waals surface area contributed by atoms with Gasteiger partial charge in [-0.3, -0.25) is 4.79 Å². The smallest absolute Gasteiger partial charge is 0.165 e. The van der Waals surface area contributed by atoms with E-state index < -0.39 is 0 Å². The molecule has 28 heavy (non-hydrogen) atoms. The van der Waals surface area contributed by atoms with Crippen molar-refractivity contribution in [1.82, 2.24) is 4.98 Å². The van der Waals surface area contributed by atoms with Crippen LogP contribution < -0.4 is 0 Å². The molecule has 3 heteroatoms. The lowest BCUT2D eigenvalue weighted by Crippen LogP contribution is -2.18. The summed E-state index contributed by atoms with van der Waals surface area (Å²) in [5.74, 6) is -0.310. The van der Waals surface area contributed by atoms with Crippen LogP contribution in [0.1, 0.15) is 55.2 Å². The molecular weight excluding hydrogens is 349 g/mol. The molecule has 3 rings (SSSR count). The van der Waals surface area contributed by atoms with Gasteiger partial charge in [0.2, 0.25) is 0 Å². The van der Waals surface area contributed by atoms with Crippen molar-refractivity contribution < 1.29 is 9.18 Å². The van der Waals surface area contributed by atoms with Crippen molar-refractivity contribution in [1.29, 1.82) is 0 Å². The van der Waals surface area contributed by atoms with E-state index in [4.69, 9.17) is 0 Å². The minimum atomic E-state index is -0.360. The maximum atomic E-state index is 13.9. The fourth-order valence-electron chi connectivity index (χ4n) is 3.77. The van der Waals surface area contributed by atoms with Crippen molar-refractivity contribution in [2.24, 2.45) is 5.41 Å². The van der Waals surface area contributed by atoms with Gasteiger partial charge in [-0.1, -0.05) is 68.0 Å². The van der Waals surface area contributed by atoms with Crippen LogP contribution in [0.15, 0.2) is 60.2 Å². The maximum Gasteiger partial charge on any atom is 0.165 e. The summed E-state index contributed by atoms with van der Waals surface area (Å²) in [4.78, 5) is 17.3. The largest absolute Gasteiger partial charge is 0.294 e. The Morgan fingerprint density at radius 1 is 1.07 bits per heavy atom. The fourth-order valence-corrected chi connectivity index (χ4v) is 3.77. The highest BCUT2D eigenvalue weighted by molar-refractivity contribution is 6.00. The van der Waals surface area contributed by atoms with E-state index in [1.165, 1.54) is 17.2 Å². The van der Waals surface area contributed by atoms with Crippen molar-refractivity contribution in [3.8, 4) is 0 Å². The first kappa shape index (κ1) is 19.9. The third-order valence-corrected chi connectivity index (χ3v) is 4.90. The van der Waals surface area contributed by atoms with Gasteiger partial charge in [-0.15, -0.1) is 0 Å². The third kappa shape index (κ3) is 4.72. The number of hydrogen-bond donors (Lipinski definition) is 0. The van der Waals surface area contributed by atoms with Crippen molar-refractivity contribution in [2.75, 3.05) is 0 Å². The maximum absolute atomic E-state index is 13.9. The molecule has 0 fully saturated rings. The van der Waals surface area contributed by atoms with Crippen molar-refractivity contribution in [2.45, 2.75) is 40.5 Å². The number of benzene rings is 2. The average molecular weight is 375 g/mol. The predicted octanol–water partition coefficient (Wildman–Crippen LogP) is 6.77. The zero-order valence-electron chi connectivity index (χ0n) is 16.9. The Morgan fingerprint density at radius 2 is 1.79 bits per heavy atom. The zero-order chi connectivity index (χ0) is 20.3. The van der Waals surface area contributed by atoms with Crippen LogP contribution in [0.4, 0.5) is 4.39 Å². The minimum absolute atomic E-state index is 0.0497. The van der Waals surface area contributed by atoms with Crippen LogP contribution in [-0.2, 0) is 0 Å². The Kier molecular flexibility index (Phi) is 5.73. The van der Waals surface area contributed by atoms with Gasteiger partial charge in [0.15, 0.2) is 5.78 Å². The second kappa shape index (κ2) is 8.05. The molecule has 2 nitrogen and oxygen atoms in total. The number of nitrogens with zero attached hydrogens (tertiary/aromatic N) is 1. The van der Waals surface area contributed by atoms with Gasteiger partial charge in [-0.2, -0.15) is 0 Å². The summed E-state index contributed by atoms with van der Waals surface area (Å²) < 4.78 is 13.9. The number of allylic oxidation sites excluding steroid dienone is 1. The van der Waals surface area contributed by atoms with Gasteiger partial charge < -0.3 is 0 Å². The molecule has 1 heterocycles. The van der Waals surface area contributed by atoms with E-state index in [9.17, 15) is 9.18 Å². The van der Waals surface area contributed by atoms with Crippen LogP contribution in [0.3, 0.4) is 0 Å². The molecule has 0 aliphatic carbocycles. The molecule has 0 aliphatic heterocycles. The van der Waals surface area contributed by atoms with Gasteiger partial charge >= 0.3 is 0 Å². The SMILES string of the molecule is C/C(=C\c1ccccc1)CC(C)(C)CC(=O)c1cc2cccc(F)c2nc1C. The Balaban J connectivity index is 1.78. The van der Waals surface area contributed by atoms with Crippen molar-refractivity contribution in [3.63, 3.8) is 0 Å². The first-order chi connectivity index (χ1) is 13.2. The van der Waals surface area contributed by atoms with Crippen LogP contribution >= 0.6 is 0 Å². The molecule has 0 aliphatic rings. The number of pyridine rings is 1. The summed E-state index contributed by atoms with van der Waals surface area (Å²) in [6, 6.07) is 16.8. The van der Waals surface area contributed by atoms with Gasteiger partial charge in [-0.05, 0) is 43.4 Å². The molecule has 0 unspecified atom stereocenters. The third-order valence-electron chi connectivity index (χ3n) is 4.90. The second-order valence-corrected chi connectivity index (χ2v) is 8.28. The molecule has 0 atom stereocenters. The molecule has 0 N–H and O–H groups in total. The number of rotatable bonds is 6. The normalized spacial score (nSPS) is 12.4. The van der Waals surface area contributed by atoms with Gasteiger partial charge in [0.1, 0.15) is 11.3 Å². The number of hydrogen-bond acceptors (Lipinski definition) is 2. The summed E-state index contributed by atoms with van der Waals surface area (Å²) in [7, 11) is 0. The molecule has 3 aromatic rings. The molecule has 144 valence electrons. The predicted molar refractivity (Wildman–Crippen MR) is 114 cm³/mol. The molecule has 0 radical (unpaired) electrons. The number of Topliss-reactive ketones (excluding diaryl/α,β-unsaturated/α-hetero) is 1. The molecule has 0 amide bonds. The van der Waals surface area contributed by atoms with Crippen molar-refractivity contribution in [3.05, 3.63) is 82.8 Å². The van der Waals surface area contributed by atoms with Crippen LogP contribution in [0, 0.1) is 18.2 Å². The van der Waals surface area contributed by atoms with Gasteiger partial charge in [0.25, 0.3) is 0 Å². The minimum Gasteiger partial charge on any atom is -0.294 e. The summed E-state index contributed by atoms with van der Waals surface area (Å²) in [5, 5.41) is 0.659. The molecule has 0 saturated heterocycles. The number of aryl methyl sites for hydroxylation is 1. The number of carbonyl (C=O) groups is 1. The van der Waals surface area contributed by atoms with Gasteiger partial charge in [0.05, 0.1) is 0 Å². The Hall–Kier alpha value is -2.81. The number of aromatic nitrogens is 1. The molecule has 2 aromatic carbocycles. The monoisotopic (exact) mass is 375 g/mol. The molecular formula is C25H26FNO. The summed E-state index contributed by atoms with van der Waals surface area (Å²) in [6.45, 7) is 8.09. The quantitative estimate of drug-likeness (QED) is 0.445. The highest BCUT2D eigenvalue weighted by Crippen LogP contribution is 2.32. The highest BCUT2D eigenvalue weighted by Gasteiger charge is 2.25. The van der Waals surface area contributed by atoms with Crippen LogP contribution in [0.2, 0.25) is 0 Å². The molecule has 0 bridgehead atoms. The van der Waals surface area contributed by atoms with E-state index in [1.54, 1.807) is 25.1 Å². The number of fused-ring (bicyclic) bond motifs is 1. The lowest BCUT2D eigenvalue weighted by molar-refractivity contribution is 0.0930. The van der Waals surface area contributed by atoms with E-state index >= 15 is 0 Å². The van der Waals surface area contributed by atoms with Crippen LogP contribution in [0.5, 0.6) is 0 Å². The fraction of sp³-hybridized carbons (Fsp3) is 0.280. The topological polar surface area (TPSA) is 30.0 Å². The number of carbonyl (C=O) groups excluding carboxylic acids is 1. The molecule has 0 saturated carbocycles. The highest BCUT2D eigenvalue weighted by atomic mass is 19.1. The van der Waals surface area contributed by atoms with E-state index in [1.807, 2.05) is 18.2 Å². The number of ketones is 1. The Bertz CT molecular complexity index is 1040. The number of para-hydroxylation sites is 1. The first-order valence-electron chi connectivity index (χ1n) is 9.56. The average Bonchev–Trinajstić information content (AvgIpc) is 2.61. The second-order valence-electron chi connectivity index (χ2n) is 8.28. The van der Waals surface area contributed by atoms with Crippen molar-refractivity contribution >= 4 is 22.8 Å². The Labute approximate surface area is 166 Å².